The third-order valence-corrected chi connectivity index (χ3v) is 9.25. The zero-order valence-electron chi connectivity index (χ0n) is 18.9. The number of esters is 1. The topological polar surface area (TPSA) is 73.9 Å². The Kier molecular flexibility index (Phi) is 10.6. The first-order valence-electron chi connectivity index (χ1n) is 9.92. The molecule has 0 rings (SSSR count). The second-order valence-electron chi connectivity index (χ2n) is 9.52. The van der Waals surface area contributed by atoms with Gasteiger partial charge < -0.3 is 19.2 Å². The van der Waals surface area contributed by atoms with E-state index in [-0.39, 0.29) is 17.1 Å². The molecule has 6 nitrogen and oxygen atoms in total. The van der Waals surface area contributed by atoms with Crippen molar-refractivity contribution in [1.29, 1.82) is 0 Å². The Bertz CT molecular complexity index is 466. The molecule has 7 heteroatoms. The average Bonchev–Trinajstić information content (AvgIpc) is 2.49. The maximum atomic E-state index is 12.1. The summed E-state index contributed by atoms with van der Waals surface area (Å²) >= 11 is 0. The molecule has 0 aliphatic rings. The molecular weight excluding hydrogens is 362 g/mol. The minimum Gasteiger partial charge on any atom is -0.467 e. The Morgan fingerprint density at radius 2 is 1.52 bits per heavy atom. The Morgan fingerprint density at radius 1 is 0.963 bits per heavy atom. The molecule has 0 aliphatic carbocycles. The van der Waals surface area contributed by atoms with E-state index >= 15 is 0 Å². The van der Waals surface area contributed by atoms with Crippen molar-refractivity contribution < 1.29 is 23.5 Å². The fraction of sp³-hybridized carbons (Fsp3) is 0.900. The van der Waals surface area contributed by atoms with Gasteiger partial charge in [0.25, 0.3) is 0 Å². The fourth-order valence-corrected chi connectivity index (χ4v) is 3.48. The summed E-state index contributed by atoms with van der Waals surface area (Å²) in [6.45, 7) is 16.9. The van der Waals surface area contributed by atoms with E-state index in [4.69, 9.17) is 13.9 Å². The van der Waals surface area contributed by atoms with Gasteiger partial charge in [0.05, 0.1) is 7.11 Å². The molecule has 1 atom stereocenters. The minimum atomic E-state index is -2.02. The molecule has 160 valence electrons. The molecule has 0 radical (unpaired) electrons. The smallest absolute Gasteiger partial charge is 0.407 e. The first-order chi connectivity index (χ1) is 12.2. The van der Waals surface area contributed by atoms with Gasteiger partial charge in [0.1, 0.15) is 11.7 Å². The minimum absolute atomic E-state index is 0.0482. The van der Waals surface area contributed by atoms with Gasteiger partial charge in [0.2, 0.25) is 0 Å². The van der Waals surface area contributed by atoms with Crippen molar-refractivity contribution in [1.82, 2.24) is 5.32 Å². The zero-order chi connectivity index (χ0) is 21.3. The van der Waals surface area contributed by atoms with Gasteiger partial charge in [-0.1, -0.05) is 40.0 Å². The van der Waals surface area contributed by atoms with E-state index in [2.05, 4.69) is 39.2 Å². The molecule has 1 amide bonds. The highest BCUT2D eigenvalue weighted by Gasteiger charge is 2.40. The van der Waals surface area contributed by atoms with Crippen LogP contribution >= 0.6 is 0 Å². The Morgan fingerprint density at radius 3 is 2.00 bits per heavy atom. The van der Waals surface area contributed by atoms with Gasteiger partial charge in [-0.15, -0.1) is 0 Å². The summed E-state index contributed by atoms with van der Waals surface area (Å²) < 4.78 is 16.4. The first-order valence-corrected chi connectivity index (χ1v) is 12.8. The highest BCUT2D eigenvalue weighted by molar-refractivity contribution is 6.74. The third kappa shape index (κ3) is 11.4. The molecule has 0 saturated carbocycles. The number of carbonyl (C=O) groups excluding carboxylic acids is 2. The molecule has 0 aliphatic heterocycles. The summed E-state index contributed by atoms with van der Waals surface area (Å²) in [6.07, 6.45) is 3.52. The third-order valence-electron chi connectivity index (χ3n) is 4.77. The van der Waals surface area contributed by atoms with Gasteiger partial charge in [0, 0.05) is 6.54 Å². The summed E-state index contributed by atoms with van der Waals surface area (Å²) in [5.74, 6) is -0.286. The number of unbranched alkanes of at least 4 members (excludes halogenated alkanes) is 3. The molecule has 0 saturated heterocycles. The number of ether oxygens (including phenoxy) is 2. The van der Waals surface area contributed by atoms with E-state index in [1.165, 1.54) is 7.11 Å². The van der Waals surface area contributed by atoms with Gasteiger partial charge in [0.15, 0.2) is 8.32 Å². The number of alkyl carbamates (subject to hydrolysis) is 1. The molecule has 0 heterocycles. The van der Waals surface area contributed by atoms with Crippen LogP contribution in [0.2, 0.25) is 18.1 Å². The van der Waals surface area contributed by atoms with Crippen LogP contribution in [-0.2, 0) is 18.7 Å². The van der Waals surface area contributed by atoms with E-state index < -0.39 is 20.0 Å². The van der Waals surface area contributed by atoms with Crippen LogP contribution < -0.4 is 5.32 Å². The van der Waals surface area contributed by atoms with Gasteiger partial charge in [-0.05, 0) is 51.7 Å². The van der Waals surface area contributed by atoms with Crippen molar-refractivity contribution in [2.45, 2.75) is 103 Å². The maximum Gasteiger partial charge on any atom is 0.407 e. The van der Waals surface area contributed by atoms with Crippen LogP contribution in [0, 0.1) is 0 Å². The van der Waals surface area contributed by atoms with E-state index in [0.717, 1.165) is 25.7 Å². The Balaban J connectivity index is 4.19. The van der Waals surface area contributed by atoms with Gasteiger partial charge in [-0.3, -0.25) is 0 Å². The number of amides is 1. The number of methoxy groups -OCH3 is 1. The van der Waals surface area contributed by atoms with Gasteiger partial charge >= 0.3 is 12.1 Å². The molecule has 0 spiro atoms. The van der Waals surface area contributed by atoms with Crippen LogP contribution in [0.3, 0.4) is 0 Å². The lowest BCUT2D eigenvalue weighted by Crippen LogP contribution is -2.46. The van der Waals surface area contributed by atoms with Crippen LogP contribution in [0.15, 0.2) is 0 Å². The van der Waals surface area contributed by atoms with E-state index in [1.54, 1.807) is 0 Å². The summed E-state index contributed by atoms with van der Waals surface area (Å²) in [5, 5.41) is 2.81. The molecule has 27 heavy (non-hydrogen) atoms. The van der Waals surface area contributed by atoms with Crippen LogP contribution in [0.5, 0.6) is 0 Å². The molecular formula is C20H41NO5Si. The molecule has 0 bridgehead atoms. The number of hydrogen-bond acceptors (Lipinski definition) is 5. The maximum absolute atomic E-state index is 12.1. The number of rotatable bonds is 10. The van der Waals surface area contributed by atoms with Gasteiger partial charge in [-0.25, -0.2) is 9.59 Å². The van der Waals surface area contributed by atoms with E-state index in [1.807, 2.05) is 20.8 Å². The number of nitrogens with one attached hydrogen (secondary N) is 1. The van der Waals surface area contributed by atoms with E-state index in [9.17, 15) is 9.59 Å². The standard InChI is InChI=1S/C20H41NO5Si/c1-19(2,3)25-18(23)21-15-13-11-10-12-14-16(17(22)24-7)26-27(8,9)20(4,5)6/h16H,10-15H2,1-9H3,(H,21,23). The molecule has 0 fully saturated rings. The molecule has 0 aromatic heterocycles. The van der Waals surface area contributed by atoms with Crippen molar-refractivity contribution in [2.75, 3.05) is 13.7 Å². The van der Waals surface area contributed by atoms with Crippen LogP contribution in [0.25, 0.3) is 0 Å². The van der Waals surface area contributed by atoms with Crippen LogP contribution in [0.1, 0.15) is 73.6 Å². The average molecular weight is 404 g/mol. The number of hydrogen-bond donors (Lipinski definition) is 1. The summed E-state index contributed by atoms with van der Waals surface area (Å²) in [7, 11) is -0.613. The lowest BCUT2D eigenvalue weighted by Gasteiger charge is -2.38. The normalized spacial score (nSPS) is 13.8. The highest BCUT2D eigenvalue weighted by Crippen LogP contribution is 2.37. The van der Waals surface area contributed by atoms with Gasteiger partial charge in [-0.2, -0.15) is 0 Å². The summed E-state index contributed by atoms with van der Waals surface area (Å²) in [6, 6.07) is 0. The summed E-state index contributed by atoms with van der Waals surface area (Å²) in [5.41, 5.74) is -0.475. The van der Waals surface area contributed by atoms with Crippen molar-refractivity contribution in [3.05, 3.63) is 0 Å². The van der Waals surface area contributed by atoms with Crippen molar-refractivity contribution >= 4 is 20.4 Å². The monoisotopic (exact) mass is 403 g/mol. The second kappa shape index (κ2) is 11.0. The largest absolute Gasteiger partial charge is 0.467 e. The lowest BCUT2D eigenvalue weighted by atomic mass is 10.1. The number of carbonyl (C=O) groups is 2. The highest BCUT2D eigenvalue weighted by atomic mass is 28.4. The Labute approximate surface area is 166 Å². The SMILES string of the molecule is COC(=O)C(CCCCCCNC(=O)OC(C)(C)C)O[Si](C)(C)C(C)(C)C. The van der Waals surface area contributed by atoms with Crippen LogP contribution in [0.4, 0.5) is 4.79 Å². The molecule has 1 unspecified atom stereocenters. The summed E-state index contributed by atoms with van der Waals surface area (Å²) in [4.78, 5) is 23.6. The van der Waals surface area contributed by atoms with Crippen molar-refractivity contribution in [3.63, 3.8) is 0 Å². The molecule has 1 N–H and O–H groups in total. The lowest BCUT2D eigenvalue weighted by molar-refractivity contribution is -0.149. The molecule has 0 aromatic carbocycles. The fourth-order valence-electron chi connectivity index (χ4n) is 2.20. The molecule has 0 aromatic rings. The van der Waals surface area contributed by atoms with Crippen molar-refractivity contribution in [3.8, 4) is 0 Å². The van der Waals surface area contributed by atoms with E-state index in [0.29, 0.717) is 13.0 Å². The Hall–Kier alpha value is -1.08. The zero-order valence-corrected chi connectivity index (χ0v) is 19.9. The quantitative estimate of drug-likeness (QED) is 0.315. The predicted octanol–water partition coefficient (Wildman–Crippen LogP) is 5.03. The van der Waals surface area contributed by atoms with Crippen LogP contribution in [-0.4, -0.2) is 45.7 Å². The first kappa shape index (κ1) is 25.9. The van der Waals surface area contributed by atoms with Crippen molar-refractivity contribution in [2.24, 2.45) is 0 Å². The second-order valence-corrected chi connectivity index (χ2v) is 14.3. The predicted molar refractivity (Wildman–Crippen MR) is 111 cm³/mol.